The van der Waals surface area contributed by atoms with Gasteiger partial charge in [0.05, 0.1) is 11.8 Å². The molecular formula is C11H18BrN3O. The zero-order chi connectivity index (χ0) is 11.8. The van der Waals surface area contributed by atoms with Crippen molar-refractivity contribution in [3.8, 4) is 0 Å². The minimum atomic E-state index is -0.0354. The molecule has 0 aliphatic rings. The van der Waals surface area contributed by atoms with Crippen molar-refractivity contribution >= 4 is 21.8 Å². The monoisotopic (exact) mass is 287 g/mol. The Balaban J connectivity index is 2.14. The van der Waals surface area contributed by atoms with Gasteiger partial charge in [-0.25, -0.2) is 0 Å². The van der Waals surface area contributed by atoms with Crippen LogP contribution in [0.15, 0.2) is 6.20 Å². The number of unbranched alkanes of at least 4 members (excludes halogenated alkanes) is 3. The lowest BCUT2D eigenvalue weighted by Crippen LogP contribution is -2.24. The van der Waals surface area contributed by atoms with Crippen LogP contribution in [0, 0.1) is 6.92 Å². The van der Waals surface area contributed by atoms with Crippen molar-refractivity contribution in [2.75, 3.05) is 11.9 Å². The number of aromatic nitrogens is 2. The maximum absolute atomic E-state index is 11.6. The average Bonchev–Trinajstić information content (AvgIpc) is 2.69. The van der Waals surface area contributed by atoms with Crippen LogP contribution < -0.4 is 5.32 Å². The van der Waals surface area contributed by atoms with Crippen LogP contribution in [-0.4, -0.2) is 28.0 Å². The fourth-order valence-corrected chi connectivity index (χ4v) is 1.85. The van der Waals surface area contributed by atoms with Crippen molar-refractivity contribution in [2.45, 2.75) is 32.6 Å². The first kappa shape index (κ1) is 13.2. The normalized spacial score (nSPS) is 10.4. The van der Waals surface area contributed by atoms with E-state index < -0.39 is 0 Å². The van der Waals surface area contributed by atoms with Gasteiger partial charge in [0.1, 0.15) is 0 Å². The van der Waals surface area contributed by atoms with E-state index in [0.717, 1.165) is 30.4 Å². The van der Waals surface area contributed by atoms with E-state index in [1.54, 1.807) is 6.20 Å². The number of amides is 1. The van der Waals surface area contributed by atoms with Crippen LogP contribution in [0.3, 0.4) is 0 Å². The van der Waals surface area contributed by atoms with E-state index in [1.807, 2.05) is 6.92 Å². The molecule has 0 aromatic carbocycles. The summed E-state index contributed by atoms with van der Waals surface area (Å²) < 4.78 is 0. The van der Waals surface area contributed by atoms with E-state index in [2.05, 4.69) is 31.4 Å². The summed E-state index contributed by atoms with van der Waals surface area (Å²) in [6, 6.07) is 0. The Kier molecular flexibility index (Phi) is 6.15. The van der Waals surface area contributed by atoms with Gasteiger partial charge in [-0.2, -0.15) is 5.10 Å². The summed E-state index contributed by atoms with van der Waals surface area (Å²) in [5.41, 5.74) is 1.46. The molecule has 5 heteroatoms. The molecule has 1 aromatic heterocycles. The molecule has 0 unspecified atom stereocenters. The van der Waals surface area contributed by atoms with Gasteiger partial charge in [-0.15, -0.1) is 0 Å². The third kappa shape index (κ3) is 4.35. The summed E-state index contributed by atoms with van der Waals surface area (Å²) in [7, 11) is 0. The lowest BCUT2D eigenvalue weighted by atomic mass is 10.2. The van der Waals surface area contributed by atoms with Gasteiger partial charge < -0.3 is 5.32 Å². The second-order valence-electron chi connectivity index (χ2n) is 3.77. The van der Waals surface area contributed by atoms with Crippen LogP contribution in [0.5, 0.6) is 0 Å². The van der Waals surface area contributed by atoms with Crippen LogP contribution in [0.2, 0.25) is 0 Å². The SMILES string of the molecule is Cc1[nH]ncc1C(=O)NCCCCCCBr. The predicted molar refractivity (Wildman–Crippen MR) is 67.9 cm³/mol. The van der Waals surface area contributed by atoms with E-state index in [9.17, 15) is 4.79 Å². The number of carbonyl (C=O) groups excluding carboxylic acids is 1. The number of carbonyl (C=O) groups is 1. The number of nitrogens with zero attached hydrogens (tertiary/aromatic N) is 1. The van der Waals surface area contributed by atoms with E-state index in [0.29, 0.717) is 5.56 Å². The molecule has 1 amide bonds. The molecule has 0 fully saturated rings. The highest BCUT2D eigenvalue weighted by Gasteiger charge is 2.09. The fourth-order valence-electron chi connectivity index (χ4n) is 1.45. The lowest BCUT2D eigenvalue weighted by Gasteiger charge is -2.03. The van der Waals surface area contributed by atoms with Gasteiger partial charge in [0.15, 0.2) is 0 Å². The summed E-state index contributed by atoms with van der Waals surface area (Å²) in [5, 5.41) is 10.5. The number of aryl methyl sites for hydroxylation is 1. The Labute approximate surface area is 104 Å². The molecule has 0 spiro atoms. The minimum absolute atomic E-state index is 0.0354. The van der Waals surface area contributed by atoms with Gasteiger partial charge in [0.25, 0.3) is 5.91 Å². The number of aromatic amines is 1. The summed E-state index contributed by atoms with van der Waals surface area (Å²) in [4.78, 5) is 11.6. The topological polar surface area (TPSA) is 57.8 Å². The van der Waals surface area contributed by atoms with Crippen LogP contribution in [0.1, 0.15) is 41.7 Å². The van der Waals surface area contributed by atoms with Crippen molar-refractivity contribution in [1.29, 1.82) is 0 Å². The number of hydrogen-bond donors (Lipinski definition) is 2. The van der Waals surface area contributed by atoms with Gasteiger partial charge in [-0.05, 0) is 19.8 Å². The molecule has 1 rings (SSSR count). The molecule has 0 saturated carbocycles. The van der Waals surface area contributed by atoms with Crippen LogP contribution in [-0.2, 0) is 0 Å². The number of nitrogens with one attached hydrogen (secondary N) is 2. The first-order chi connectivity index (χ1) is 7.75. The van der Waals surface area contributed by atoms with Gasteiger partial charge in [0.2, 0.25) is 0 Å². The standard InChI is InChI=1S/C11H18BrN3O/c1-9-10(8-14-15-9)11(16)13-7-5-3-2-4-6-12/h8H,2-7H2,1H3,(H,13,16)(H,14,15). The average molecular weight is 288 g/mol. The van der Waals surface area contributed by atoms with Crippen molar-refractivity contribution in [3.63, 3.8) is 0 Å². The van der Waals surface area contributed by atoms with Crippen molar-refractivity contribution < 1.29 is 4.79 Å². The molecule has 90 valence electrons. The molecule has 0 aliphatic carbocycles. The maximum Gasteiger partial charge on any atom is 0.254 e. The predicted octanol–water partition coefficient (Wildman–Crippen LogP) is 2.40. The Bertz CT molecular complexity index is 325. The van der Waals surface area contributed by atoms with Crippen LogP contribution >= 0.6 is 15.9 Å². The number of alkyl halides is 1. The van der Waals surface area contributed by atoms with Gasteiger partial charge in [-0.3, -0.25) is 9.89 Å². The molecule has 0 aliphatic heterocycles. The molecule has 0 atom stereocenters. The molecule has 0 radical (unpaired) electrons. The first-order valence-electron chi connectivity index (χ1n) is 5.60. The molecule has 1 heterocycles. The zero-order valence-corrected chi connectivity index (χ0v) is 11.1. The molecule has 1 aromatic rings. The Morgan fingerprint density at radius 1 is 1.44 bits per heavy atom. The first-order valence-corrected chi connectivity index (χ1v) is 6.72. The van der Waals surface area contributed by atoms with Gasteiger partial charge in [-0.1, -0.05) is 28.8 Å². The van der Waals surface area contributed by atoms with Crippen molar-refractivity contribution in [1.82, 2.24) is 15.5 Å². The number of rotatable bonds is 7. The van der Waals surface area contributed by atoms with E-state index in [4.69, 9.17) is 0 Å². The van der Waals surface area contributed by atoms with Gasteiger partial charge in [0, 0.05) is 17.6 Å². The second-order valence-corrected chi connectivity index (χ2v) is 4.56. The molecule has 2 N–H and O–H groups in total. The molecule has 0 saturated heterocycles. The maximum atomic E-state index is 11.6. The Morgan fingerprint density at radius 3 is 2.81 bits per heavy atom. The van der Waals surface area contributed by atoms with E-state index in [1.165, 1.54) is 12.8 Å². The zero-order valence-electron chi connectivity index (χ0n) is 9.55. The second kappa shape index (κ2) is 7.44. The number of halogens is 1. The highest BCUT2D eigenvalue weighted by Crippen LogP contribution is 2.03. The smallest absolute Gasteiger partial charge is 0.254 e. The summed E-state index contributed by atoms with van der Waals surface area (Å²) >= 11 is 3.40. The number of H-pyrrole nitrogens is 1. The molecular weight excluding hydrogens is 270 g/mol. The van der Waals surface area contributed by atoms with E-state index in [-0.39, 0.29) is 5.91 Å². The van der Waals surface area contributed by atoms with Crippen molar-refractivity contribution in [2.24, 2.45) is 0 Å². The van der Waals surface area contributed by atoms with Gasteiger partial charge >= 0.3 is 0 Å². The molecule has 16 heavy (non-hydrogen) atoms. The quantitative estimate of drug-likeness (QED) is 0.598. The van der Waals surface area contributed by atoms with E-state index >= 15 is 0 Å². The van der Waals surface area contributed by atoms with Crippen LogP contribution in [0.4, 0.5) is 0 Å². The third-order valence-corrected chi connectivity index (χ3v) is 2.98. The Hall–Kier alpha value is -0.840. The van der Waals surface area contributed by atoms with Crippen molar-refractivity contribution in [3.05, 3.63) is 17.5 Å². The fraction of sp³-hybridized carbons (Fsp3) is 0.636. The third-order valence-electron chi connectivity index (χ3n) is 2.42. The minimum Gasteiger partial charge on any atom is -0.352 e. The van der Waals surface area contributed by atoms with Crippen LogP contribution in [0.25, 0.3) is 0 Å². The summed E-state index contributed by atoms with van der Waals surface area (Å²) in [6.07, 6.45) is 6.18. The number of hydrogen-bond acceptors (Lipinski definition) is 2. The largest absolute Gasteiger partial charge is 0.352 e. The molecule has 0 bridgehead atoms. The molecule has 4 nitrogen and oxygen atoms in total. The lowest BCUT2D eigenvalue weighted by molar-refractivity contribution is 0.0952. The highest BCUT2D eigenvalue weighted by atomic mass is 79.9. The summed E-state index contributed by atoms with van der Waals surface area (Å²) in [6.45, 7) is 2.59. The Morgan fingerprint density at radius 2 is 2.19 bits per heavy atom. The summed E-state index contributed by atoms with van der Waals surface area (Å²) in [5.74, 6) is -0.0354. The highest BCUT2D eigenvalue weighted by molar-refractivity contribution is 9.09.